The number of benzene rings is 3. The summed E-state index contributed by atoms with van der Waals surface area (Å²) in [7, 11) is 1.41. The SMILES string of the molecule is COc1ccc(C)cc1N1C(=O)C(Cl)=C(Nc2ccc(C(=O)Nc3ccc(Cl)c(C(F)(F)F)c3)cc2)C1=O. The molecule has 0 saturated carbocycles. The van der Waals surface area contributed by atoms with Crippen LogP contribution in [0.1, 0.15) is 21.5 Å². The van der Waals surface area contributed by atoms with Gasteiger partial charge in [-0.3, -0.25) is 14.4 Å². The van der Waals surface area contributed by atoms with Gasteiger partial charge in [0, 0.05) is 16.9 Å². The van der Waals surface area contributed by atoms with E-state index in [4.69, 9.17) is 27.9 Å². The molecule has 0 aliphatic carbocycles. The Kier molecular flexibility index (Phi) is 7.39. The number of rotatable bonds is 6. The zero-order valence-electron chi connectivity index (χ0n) is 19.7. The average molecular weight is 564 g/mol. The van der Waals surface area contributed by atoms with Crippen molar-refractivity contribution in [1.29, 1.82) is 0 Å². The molecule has 0 aromatic heterocycles. The summed E-state index contributed by atoms with van der Waals surface area (Å²) >= 11 is 11.8. The van der Waals surface area contributed by atoms with Crippen molar-refractivity contribution in [1.82, 2.24) is 0 Å². The zero-order valence-corrected chi connectivity index (χ0v) is 21.3. The van der Waals surface area contributed by atoms with Gasteiger partial charge in [-0.25, -0.2) is 4.90 Å². The summed E-state index contributed by atoms with van der Waals surface area (Å²) in [5, 5.41) is 4.36. The molecule has 3 aromatic rings. The number of imide groups is 1. The molecule has 4 rings (SSSR count). The van der Waals surface area contributed by atoms with E-state index in [2.05, 4.69) is 10.6 Å². The Balaban J connectivity index is 1.50. The molecule has 0 fully saturated rings. The van der Waals surface area contributed by atoms with E-state index in [-0.39, 0.29) is 27.7 Å². The number of aryl methyl sites for hydroxylation is 1. The van der Waals surface area contributed by atoms with Gasteiger partial charge in [-0.05, 0) is 67.1 Å². The molecular weight excluding hydrogens is 546 g/mol. The predicted molar refractivity (Wildman–Crippen MR) is 138 cm³/mol. The van der Waals surface area contributed by atoms with E-state index in [1.54, 1.807) is 25.1 Å². The van der Waals surface area contributed by atoms with Gasteiger partial charge in [0.25, 0.3) is 17.7 Å². The Morgan fingerprint density at radius 3 is 2.21 bits per heavy atom. The minimum atomic E-state index is -4.68. The highest BCUT2D eigenvalue weighted by molar-refractivity contribution is 6.53. The molecule has 1 aliphatic heterocycles. The van der Waals surface area contributed by atoms with Crippen LogP contribution in [0.2, 0.25) is 5.02 Å². The van der Waals surface area contributed by atoms with Crippen LogP contribution in [0.25, 0.3) is 0 Å². The lowest BCUT2D eigenvalue weighted by atomic mass is 10.1. The molecule has 38 heavy (non-hydrogen) atoms. The smallest absolute Gasteiger partial charge is 0.417 e. The zero-order chi connectivity index (χ0) is 27.8. The first-order valence-electron chi connectivity index (χ1n) is 10.9. The van der Waals surface area contributed by atoms with E-state index < -0.39 is 34.5 Å². The highest BCUT2D eigenvalue weighted by atomic mass is 35.5. The van der Waals surface area contributed by atoms with Crippen molar-refractivity contribution in [2.75, 3.05) is 22.6 Å². The maximum atomic E-state index is 13.1. The van der Waals surface area contributed by atoms with Crippen LogP contribution in [0.3, 0.4) is 0 Å². The fraction of sp³-hybridized carbons (Fsp3) is 0.115. The van der Waals surface area contributed by atoms with E-state index in [0.29, 0.717) is 11.4 Å². The number of nitrogens with zero attached hydrogens (tertiary/aromatic N) is 1. The number of hydrogen-bond acceptors (Lipinski definition) is 5. The first-order chi connectivity index (χ1) is 17.9. The number of alkyl halides is 3. The van der Waals surface area contributed by atoms with Crippen LogP contribution < -0.4 is 20.3 Å². The van der Waals surface area contributed by atoms with Gasteiger partial charge in [0.1, 0.15) is 16.5 Å². The van der Waals surface area contributed by atoms with Crippen molar-refractivity contribution >= 4 is 58.0 Å². The van der Waals surface area contributed by atoms with E-state index in [1.807, 2.05) is 0 Å². The van der Waals surface area contributed by atoms with Crippen LogP contribution in [0.15, 0.2) is 71.4 Å². The van der Waals surface area contributed by atoms with Gasteiger partial charge < -0.3 is 15.4 Å². The summed E-state index contributed by atoms with van der Waals surface area (Å²) < 4.78 is 44.5. The third-order valence-corrected chi connectivity index (χ3v) is 6.23. The molecule has 0 atom stereocenters. The Morgan fingerprint density at radius 2 is 1.58 bits per heavy atom. The van der Waals surface area contributed by atoms with Crippen molar-refractivity contribution in [2.45, 2.75) is 13.1 Å². The number of carbonyl (C=O) groups is 3. The van der Waals surface area contributed by atoms with E-state index in [0.717, 1.165) is 22.6 Å². The second-order valence-electron chi connectivity index (χ2n) is 8.16. The van der Waals surface area contributed by atoms with Gasteiger partial charge in [0.2, 0.25) is 0 Å². The summed E-state index contributed by atoms with van der Waals surface area (Å²) in [6.45, 7) is 1.79. The van der Waals surface area contributed by atoms with Crippen LogP contribution in [0.5, 0.6) is 5.75 Å². The second-order valence-corrected chi connectivity index (χ2v) is 8.94. The molecule has 196 valence electrons. The maximum Gasteiger partial charge on any atom is 0.417 e. The summed E-state index contributed by atoms with van der Waals surface area (Å²) in [5.74, 6) is -1.80. The summed E-state index contributed by atoms with van der Waals surface area (Å²) in [6.07, 6.45) is -4.68. The van der Waals surface area contributed by atoms with Crippen LogP contribution in [-0.4, -0.2) is 24.8 Å². The van der Waals surface area contributed by atoms with Crippen LogP contribution in [-0.2, 0) is 15.8 Å². The quantitative estimate of drug-likeness (QED) is 0.340. The molecule has 3 amide bonds. The first-order valence-corrected chi connectivity index (χ1v) is 11.6. The van der Waals surface area contributed by atoms with Gasteiger partial charge in [-0.1, -0.05) is 29.3 Å². The number of hydrogen-bond donors (Lipinski definition) is 2. The topological polar surface area (TPSA) is 87.7 Å². The Bertz CT molecular complexity index is 1490. The standard InChI is InChI=1S/C26H18Cl2F3N3O4/c1-13-3-10-20(38-2)19(11-13)34-24(36)21(28)22(25(34)37)32-15-6-4-14(5-7-15)23(35)33-16-8-9-18(27)17(12-16)26(29,30)31/h3-12,32H,1-2H3,(H,33,35). The number of carbonyl (C=O) groups excluding carboxylic acids is 3. The molecule has 1 heterocycles. The Morgan fingerprint density at radius 1 is 0.921 bits per heavy atom. The van der Waals surface area contributed by atoms with Crippen molar-refractivity contribution in [3.63, 3.8) is 0 Å². The van der Waals surface area contributed by atoms with Gasteiger partial charge in [0.15, 0.2) is 0 Å². The van der Waals surface area contributed by atoms with Gasteiger partial charge in [0.05, 0.1) is 23.4 Å². The van der Waals surface area contributed by atoms with Crippen LogP contribution in [0.4, 0.5) is 30.2 Å². The lowest BCUT2D eigenvalue weighted by Crippen LogP contribution is -2.32. The lowest BCUT2D eigenvalue weighted by molar-refractivity contribution is -0.137. The molecule has 7 nitrogen and oxygen atoms in total. The van der Waals surface area contributed by atoms with Crippen LogP contribution >= 0.6 is 23.2 Å². The van der Waals surface area contributed by atoms with E-state index in [9.17, 15) is 27.6 Å². The Labute approximate surface area is 224 Å². The normalized spacial score (nSPS) is 13.7. The molecule has 0 radical (unpaired) electrons. The predicted octanol–water partition coefficient (Wildman–Crippen LogP) is 6.36. The first kappa shape index (κ1) is 27.0. The average Bonchev–Trinajstić information content (AvgIpc) is 3.07. The molecule has 0 spiro atoms. The van der Waals surface area contributed by atoms with Gasteiger partial charge in [-0.15, -0.1) is 0 Å². The molecule has 0 unspecified atom stereocenters. The molecule has 2 N–H and O–H groups in total. The highest BCUT2D eigenvalue weighted by Gasteiger charge is 2.40. The van der Waals surface area contributed by atoms with Crippen molar-refractivity contribution in [2.24, 2.45) is 0 Å². The summed E-state index contributed by atoms with van der Waals surface area (Å²) in [4.78, 5) is 39.4. The fourth-order valence-corrected chi connectivity index (χ4v) is 4.11. The number of anilines is 3. The molecule has 0 saturated heterocycles. The van der Waals surface area contributed by atoms with Gasteiger partial charge >= 0.3 is 6.18 Å². The van der Waals surface area contributed by atoms with Crippen molar-refractivity contribution in [3.05, 3.63) is 93.1 Å². The fourth-order valence-electron chi connectivity index (χ4n) is 3.68. The highest BCUT2D eigenvalue weighted by Crippen LogP contribution is 2.37. The monoisotopic (exact) mass is 563 g/mol. The van der Waals surface area contributed by atoms with Crippen LogP contribution in [0, 0.1) is 6.92 Å². The number of halogens is 5. The molecule has 1 aliphatic rings. The third kappa shape index (κ3) is 5.32. The molecule has 0 bridgehead atoms. The lowest BCUT2D eigenvalue weighted by Gasteiger charge is -2.18. The molecule has 12 heteroatoms. The number of nitrogens with one attached hydrogen (secondary N) is 2. The number of ether oxygens (including phenoxy) is 1. The minimum Gasteiger partial charge on any atom is -0.495 e. The number of amides is 3. The third-order valence-electron chi connectivity index (χ3n) is 5.55. The Hall–Kier alpha value is -4.02. The summed E-state index contributed by atoms with van der Waals surface area (Å²) in [5.41, 5.74) is 0.154. The minimum absolute atomic E-state index is 0.0902. The largest absolute Gasteiger partial charge is 0.495 e. The summed E-state index contributed by atoms with van der Waals surface area (Å²) in [6, 6.07) is 13.7. The second kappa shape index (κ2) is 10.4. The maximum absolute atomic E-state index is 13.1. The number of methoxy groups -OCH3 is 1. The van der Waals surface area contributed by atoms with Crippen molar-refractivity contribution in [3.8, 4) is 5.75 Å². The van der Waals surface area contributed by atoms with Crippen molar-refractivity contribution < 1.29 is 32.3 Å². The van der Waals surface area contributed by atoms with E-state index in [1.165, 1.54) is 37.4 Å². The molecular formula is C26H18Cl2F3N3O4. The van der Waals surface area contributed by atoms with Gasteiger partial charge in [-0.2, -0.15) is 13.2 Å². The van der Waals surface area contributed by atoms with E-state index >= 15 is 0 Å². The molecule has 3 aromatic carbocycles.